The van der Waals surface area contributed by atoms with Gasteiger partial charge in [-0.05, 0) is 56.2 Å². The second-order valence-electron chi connectivity index (χ2n) is 7.26. The maximum absolute atomic E-state index is 12.9. The van der Waals surface area contributed by atoms with Crippen molar-refractivity contribution in [1.82, 2.24) is 0 Å². The third-order valence-electron chi connectivity index (χ3n) is 5.24. The first-order valence-electron chi connectivity index (χ1n) is 10.4. The topological polar surface area (TPSA) is 122 Å². The van der Waals surface area contributed by atoms with Crippen LogP contribution in [-0.2, 0) is 28.8 Å². The van der Waals surface area contributed by atoms with Gasteiger partial charge in [0.25, 0.3) is 11.6 Å². The van der Waals surface area contributed by atoms with Crippen molar-refractivity contribution in [2.75, 3.05) is 11.9 Å². The van der Waals surface area contributed by atoms with E-state index in [4.69, 9.17) is 4.74 Å². The maximum Gasteiger partial charge on any atom is 0.341 e. The number of nitrogens with zero attached hydrogens (tertiary/aromatic N) is 2. The highest BCUT2D eigenvalue weighted by molar-refractivity contribution is 7.17. The SMILES string of the molecule is CCOC(=O)c1c(NC(=O)/C(C#N)=C/c2ccc(CC)c([N+](=O)[O-])c2)sc2c1CCCC2. The summed E-state index contributed by atoms with van der Waals surface area (Å²) in [7, 11) is 0. The molecule has 1 aliphatic rings. The van der Waals surface area contributed by atoms with Crippen LogP contribution in [0.3, 0.4) is 0 Å². The van der Waals surface area contributed by atoms with Crippen LogP contribution >= 0.6 is 11.3 Å². The zero-order valence-electron chi connectivity index (χ0n) is 17.9. The molecule has 1 heterocycles. The summed E-state index contributed by atoms with van der Waals surface area (Å²) in [6, 6.07) is 6.44. The molecule has 0 spiro atoms. The fourth-order valence-electron chi connectivity index (χ4n) is 3.70. The van der Waals surface area contributed by atoms with E-state index in [1.807, 2.05) is 13.0 Å². The standard InChI is InChI=1S/C23H23N3O5S/c1-3-15-10-9-14(12-18(15)26(29)30)11-16(13-24)21(27)25-22-20(23(28)31-4-2)17-7-5-6-8-19(17)32-22/h9-12H,3-8H2,1-2H3,(H,25,27)/b16-11+. The molecule has 0 unspecified atom stereocenters. The van der Waals surface area contributed by atoms with E-state index < -0.39 is 16.8 Å². The van der Waals surface area contributed by atoms with Gasteiger partial charge in [-0.3, -0.25) is 14.9 Å². The number of ether oxygens (including phenoxy) is 1. The predicted octanol–water partition coefficient (Wildman–Crippen LogP) is 4.82. The van der Waals surface area contributed by atoms with Crippen molar-refractivity contribution in [1.29, 1.82) is 5.26 Å². The number of hydrogen-bond donors (Lipinski definition) is 1. The van der Waals surface area contributed by atoms with Crippen LogP contribution in [0, 0.1) is 21.4 Å². The highest BCUT2D eigenvalue weighted by Gasteiger charge is 2.28. The number of nitriles is 1. The Hall–Kier alpha value is -3.51. The van der Waals surface area contributed by atoms with E-state index in [1.54, 1.807) is 19.1 Å². The van der Waals surface area contributed by atoms with E-state index in [1.165, 1.54) is 23.5 Å². The lowest BCUT2D eigenvalue weighted by molar-refractivity contribution is -0.385. The maximum atomic E-state index is 12.9. The van der Waals surface area contributed by atoms with Gasteiger partial charge < -0.3 is 10.1 Å². The third-order valence-corrected chi connectivity index (χ3v) is 6.45. The summed E-state index contributed by atoms with van der Waals surface area (Å²) in [5, 5.41) is 23.9. The van der Waals surface area contributed by atoms with Crippen LogP contribution in [0.25, 0.3) is 6.08 Å². The zero-order chi connectivity index (χ0) is 23.3. The molecule has 0 radical (unpaired) electrons. The van der Waals surface area contributed by atoms with Crippen molar-refractivity contribution >= 4 is 40.0 Å². The molecule has 166 valence electrons. The third kappa shape index (κ3) is 4.86. The van der Waals surface area contributed by atoms with Gasteiger partial charge >= 0.3 is 5.97 Å². The summed E-state index contributed by atoms with van der Waals surface area (Å²) >= 11 is 1.33. The molecule has 1 N–H and O–H groups in total. The van der Waals surface area contributed by atoms with Crippen LogP contribution in [0.2, 0.25) is 0 Å². The summed E-state index contributed by atoms with van der Waals surface area (Å²) in [4.78, 5) is 37.3. The fraction of sp³-hybridized carbons (Fsp3) is 0.348. The zero-order valence-corrected chi connectivity index (χ0v) is 18.7. The van der Waals surface area contributed by atoms with Gasteiger partial charge in [-0.25, -0.2) is 4.79 Å². The molecule has 2 aromatic rings. The molecular formula is C23H23N3O5S. The average Bonchev–Trinajstić information content (AvgIpc) is 3.15. The van der Waals surface area contributed by atoms with Crippen LogP contribution in [0.5, 0.6) is 0 Å². The first-order chi connectivity index (χ1) is 15.4. The summed E-state index contributed by atoms with van der Waals surface area (Å²) < 4.78 is 5.19. The number of benzene rings is 1. The van der Waals surface area contributed by atoms with Gasteiger partial charge in [0.05, 0.1) is 17.1 Å². The summed E-state index contributed by atoms with van der Waals surface area (Å²) in [5.41, 5.74) is 1.93. The number of fused-ring (bicyclic) bond motifs is 1. The van der Waals surface area contributed by atoms with Gasteiger partial charge in [-0.15, -0.1) is 11.3 Å². The van der Waals surface area contributed by atoms with Crippen molar-refractivity contribution < 1.29 is 19.2 Å². The molecule has 1 aliphatic carbocycles. The van der Waals surface area contributed by atoms with Gasteiger partial charge in [0.2, 0.25) is 0 Å². The van der Waals surface area contributed by atoms with Crippen LogP contribution in [0.15, 0.2) is 23.8 Å². The number of nitrogens with one attached hydrogen (secondary N) is 1. The molecule has 0 fully saturated rings. The van der Waals surface area contributed by atoms with Crippen LogP contribution < -0.4 is 5.32 Å². The van der Waals surface area contributed by atoms with Gasteiger partial charge in [0, 0.05) is 16.5 Å². The second kappa shape index (κ2) is 10.2. The second-order valence-corrected chi connectivity index (χ2v) is 8.36. The number of nitro groups is 1. The number of nitro benzene ring substituents is 1. The lowest BCUT2D eigenvalue weighted by atomic mass is 9.95. The van der Waals surface area contributed by atoms with Crippen LogP contribution in [0.1, 0.15) is 58.6 Å². The van der Waals surface area contributed by atoms with Crippen molar-refractivity contribution in [3.63, 3.8) is 0 Å². The Labute approximate surface area is 189 Å². The van der Waals surface area contributed by atoms with Gasteiger partial charge in [-0.2, -0.15) is 5.26 Å². The molecule has 0 aliphatic heterocycles. The average molecular weight is 454 g/mol. The molecule has 8 nitrogen and oxygen atoms in total. The predicted molar refractivity (Wildman–Crippen MR) is 122 cm³/mol. The van der Waals surface area contributed by atoms with E-state index >= 15 is 0 Å². The number of amides is 1. The minimum absolute atomic E-state index is 0.0607. The molecule has 0 atom stereocenters. The number of thiophene rings is 1. The number of carbonyl (C=O) groups excluding carboxylic acids is 2. The van der Waals surface area contributed by atoms with Gasteiger partial charge in [0.15, 0.2) is 0 Å². The van der Waals surface area contributed by atoms with Crippen molar-refractivity contribution in [3.05, 3.63) is 61.0 Å². The van der Waals surface area contributed by atoms with E-state index in [0.29, 0.717) is 28.1 Å². The normalized spacial score (nSPS) is 13.1. The Morgan fingerprint density at radius 3 is 2.72 bits per heavy atom. The number of rotatable bonds is 7. The lowest BCUT2D eigenvalue weighted by Crippen LogP contribution is -2.16. The Morgan fingerprint density at radius 2 is 2.06 bits per heavy atom. The Balaban J connectivity index is 1.93. The monoisotopic (exact) mass is 453 g/mol. The molecule has 9 heteroatoms. The lowest BCUT2D eigenvalue weighted by Gasteiger charge is -2.12. The number of anilines is 1. The molecule has 0 saturated carbocycles. The van der Waals surface area contributed by atoms with Crippen molar-refractivity contribution in [2.24, 2.45) is 0 Å². The smallest absolute Gasteiger partial charge is 0.341 e. The number of aryl methyl sites for hydroxylation is 2. The first kappa shape index (κ1) is 23.2. The Bertz CT molecular complexity index is 1140. The molecule has 0 bridgehead atoms. The quantitative estimate of drug-likeness (QED) is 0.211. The molecule has 1 aromatic carbocycles. The van der Waals surface area contributed by atoms with E-state index in [9.17, 15) is 25.0 Å². The number of carbonyl (C=O) groups is 2. The minimum atomic E-state index is -0.682. The summed E-state index contributed by atoms with van der Waals surface area (Å²) in [6.07, 6.45) is 5.34. The fourth-order valence-corrected chi connectivity index (χ4v) is 4.97. The van der Waals surface area contributed by atoms with E-state index in [0.717, 1.165) is 36.1 Å². The first-order valence-corrected chi connectivity index (χ1v) is 11.2. The number of esters is 1. The summed E-state index contributed by atoms with van der Waals surface area (Å²) in [5.74, 6) is -1.17. The molecular weight excluding hydrogens is 430 g/mol. The van der Waals surface area contributed by atoms with Gasteiger partial charge in [-0.1, -0.05) is 19.1 Å². The summed E-state index contributed by atoms with van der Waals surface area (Å²) in [6.45, 7) is 3.75. The highest BCUT2D eigenvalue weighted by atomic mass is 32.1. The Kier molecular flexibility index (Phi) is 7.38. The molecule has 1 amide bonds. The van der Waals surface area contributed by atoms with Crippen LogP contribution in [-0.4, -0.2) is 23.4 Å². The van der Waals surface area contributed by atoms with Crippen LogP contribution in [0.4, 0.5) is 10.7 Å². The van der Waals surface area contributed by atoms with Crippen molar-refractivity contribution in [3.8, 4) is 6.07 Å². The molecule has 3 rings (SSSR count). The van der Waals surface area contributed by atoms with E-state index in [2.05, 4.69) is 5.32 Å². The highest BCUT2D eigenvalue weighted by Crippen LogP contribution is 2.38. The van der Waals surface area contributed by atoms with Crippen molar-refractivity contribution in [2.45, 2.75) is 46.0 Å². The molecule has 32 heavy (non-hydrogen) atoms. The van der Waals surface area contributed by atoms with E-state index in [-0.39, 0.29) is 17.9 Å². The minimum Gasteiger partial charge on any atom is -0.462 e. The largest absolute Gasteiger partial charge is 0.462 e. The Morgan fingerprint density at radius 1 is 1.31 bits per heavy atom. The molecule has 1 aromatic heterocycles. The van der Waals surface area contributed by atoms with Gasteiger partial charge in [0.1, 0.15) is 16.6 Å². The molecule has 0 saturated heterocycles. The number of hydrogen-bond acceptors (Lipinski definition) is 7.